The van der Waals surface area contributed by atoms with Crippen molar-refractivity contribution in [1.82, 2.24) is 0 Å². The predicted octanol–water partition coefficient (Wildman–Crippen LogP) is 7.45. The number of rotatable bonds is 17. The molecule has 0 N–H and O–H groups in total. The first-order valence-electron chi connectivity index (χ1n) is 14.6. The van der Waals surface area contributed by atoms with Crippen LogP contribution in [-0.4, -0.2) is 38.2 Å². The van der Waals surface area contributed by atoms with E-state index in [1.165, 1.54) is 50.1 Å². The van der Waals surface area contributed by atoms with E-state index in [2.05, 4.69) is 13.5 Å². The lowest BCUT2D eigenvalue weighted by atomic mass is 10.1. The first kappa shape index (κ1) is 32.9. The standard InChI is InChI=1S/C35H40O8/c1-5-7-8-9-12-26-13-17-29(18-14-26)42-34(37)28-16-20-31(32(24-28)39-4)43-35(38)27-15-19-30(25(3)23-27)40-21-10-11-22-41-33(36)6-2/h6,13-20,23-24H,2,5,7-12,21-22H2,1,3-4H3. The van der Waals surface area contributed by atoms with E-state index in [4.69, 9.17) is 23.7 Å². The largest absolute Gasteiger partial charge is 0.493 e. The summed E-state index contributed by atoms with van der Waals surface area (Å²) in [5, 5.41) is 0. The van der Waals surface area contributed by atoms with E-state index < -0.39 is 17.9 Å². The Bertz CT molecular complexity index is 1380. The molecule has 0 aromatic heterocycles. The Hall–Kier alpha value is -4.59. The summed E-state index contributed by atoms with van der Waals surface area (Å²) in [6.45, 7) is 8.12. The summed E-state index contributed by atoms with van der Waals surface area (Å²) in [5.41, 5.74) is 2.57. The zero-order valence-corrected chi connectivity index (χ0v) is 25.2. The molecule has 3 aromatic carbocycles. The van der Waals surface area contributed by atoms with Gasteiger partial charge >= 0.3 is 17.9 Å². The summed E-state index contributed by atoms with van der Waals surface area (Å²) in [5.74, 6) is -0.0829. The minimum Gasteiger partial charge on any atom is -0.493 e. The Labute approximate surface area is 253 Å². The lowest BCUT2D eigenvalue weighted by molar-refractivity contribution is -0.137. The summed E-state index contributed by atoms with van der Waals surface area (Å²) < 4.78 is 27.2. The van der Waals surface area contributed by atoms with Crippen molar-refractivity contribution in [2.24, 2.45) is 0 Å². The maximum atomic E-state index is 12.9. The molecule has 0 spiro atoms. The molecule has 0 saturated carbocycles. The highest BCUT2D eigenvalue weighted by atomic mass is 16.6. The van der Waals surface area contributed by atoms with Crippen molar-refractivity contribution in [3.05, 3.63) is 95.6 Å². The quantitative estimate of drug-likeness (QED) is 0.0694. The van der Waals surface area contributed by atoms with E-state index in [0.29, 0.717) is 43.1 Å². The summed E-state index contributed by atoms with van der Waals surface area (Å²) in [4.78, 5) is 36.7. The number of hydrogen-bond acceptors (Lipinski definition) is 8. The van der Waals surface area contributed by atoms with Gasteiger partial charge < -0.3 is 23.7 Å². The number of unbranched alkanes of at least 4 members (excludes halogenated alkanes) is 4. The fourth-order valence-corrected chi connectivity index (χ4v) is 4.24. The molecule has 3 aromatic rings. The van der Waals surface area contributed by atoms with Crippen LogP contribution in [0, 0.1) is 6.92 Å². The minimum atomic E-state index is -0.581. The molecule has 8 nitrogen and oxygen atoms in total. The van der Waals surface area contributed by atoms with Crippen molar-refractivity contribution in [2.45, 2.75) is 58.8 Å². The number of benzene rings is 3. The van der Waals surface area contributed by atoms with Crippen LogP contribution in [0.4, 0.5) is 0 Å². The van der Waals surface area contributed by atoms with Crippen LogP contribution in [0.3, 0.4) is 0 Å². The van der Waals surface area contributed by atoms with Gasteiger partial charge in [0.2, 0.25) is 0 Å². The summed E-state index contributed by atoms with van der Waals surface area (Å²) >= 11 is 0. The Morgan fingerprint density at radius 2 is 1.42 bits per heavy atom. The Morgan fingerprint density at radius 1 is 0.744 bits per heavy atom. The second-order valence-electron chi connectivity index (χ2n) is 10.0. The van der Waals surface area contributed by atoms with Gasteiger partial charge in [-0.15, -0.1) is 0 Å². The molecule has 0 radical (unpaired) electrons. The van der Waals surface area contributed by atoms with Gasteiger partial charge in [0.25, 0.3) is 0 Å². The van der Waals surface area contributed by atoms with Crippen LogP contribution in [-0.2, 0) is 16.0 Å². The molecular formula is C35H40O8. The zero-order chi connectivity index (χ0) is 31.0. The van der Waals surface area contributed by atoms with Crippen LogP contribution in [0.5, 0.6) is 23.0 Å². The molecule has 43 heavy (non-hydrogen) atoms. The Morgan fingerprint density at radius 3 is 2.09 bits per heavy atom. The third kappa shape index (κ3) is 10.6. The summed E-state index contributed by atoms with van der Waals surface area (Å²) in [6, 6.07) is 17.1. The SMILES string of the molecule is C=CC(=O)OCCCCOc1ccc(C(=O)Oc2ccc(C(=O)Oc3ccc(CCCCCC)cc3)cc2OC)cc1C. The molecule has 0 bridgehead atoms. The number of aryl methyl sites for hydroxylation is 2. The maximum absolute atomic E-state index is 12.9. The maximum Gasteiger partial charge on any atom is 0.343 e. The van der Waals surface area contributed by atoms with Crippen molar-refractivity contribution < 1.29 is 38.1 Å². The van der Waals surface area contributed by atoms with Gasteiger partial charge in [0, 0.05) is 6.08 Å². The van der Waals surface area contributed by atoms with Crippen molar-refractivity contribution in [3.63, 3.8) is 0 Å². The minimum absolute atomic E-state index is 0.173. The molecule has 0 aliphatic carbocycles. The van der Waals surface area contributed by atoms with Gasteiger partial charge in [-0.25, -0.2) is 14.4 Å². The van der Waals surface area contributed by atoms with Gasteiger partial charge in [-0.05, 0) is 92.3 Å². The second-order valence-corrected chi connectivity index (χ2v) is 10.0. The summed E-state index contributed by atoms with van der Waals surface area (Å²) in [7, 11) is 1.43. The van der Waals surface area contributed by atoms with Gasteiger partial charge in [0.15, 0.2) is 11.5 Å². The van der Waals surface area contributed by atoms with Crippen LogP contribution in [0.15, 0.2) is 73.3 Å². The van der Waals surface area contributed by atoms with Crippen LogP contribution >= 0.6 is 0 Å². The van der Waals surface area contributed by atoms with Gasteiger partial charge in [0.1, 0.15) is 11.5 Å². The Balaban J connectivity index is 1.54. The first-order chi connectivity index (χ1) is 20.8. The second kappa shape index (κ2) is 17.4. The van der Waals surface area contributed by atoms with E-state index in [1.54, 1.807) is 30.3 Å². The molecule has 0 amide bonds. The van der Waals surface area contributed by atoms with Crippen molar-refractivity contribution in [1.29, 1.82) is 0 Å². The van der Waals surface area contributed by atoms with E-state index in [1.807, 2.05) is 19.1 Å². The molecule has 0 unspecified atom stereocenters. The number of methoxy groups -OCH3 is 1. The van der Waals surface area contributed by atoms with E-state index in [0.717, 1.165) is 24.5 Å². The lowest BCUT2D eigenvalue weighted by Crippen LogP contribution is -2.12. The topological polar surface area (TPSA) is 97.4 Å². The van der Waals surface area contributed by atoms with Crippen molar-refractivity contribution >= 4 is 17.9 Å². The third-order valence-electron chi connectivity index (χ3n) is 6.67. The van der Waals surface area contributed by atoms with Gasteiger partial charge in [-0.1, -0.05) is 44.9 Å². The molecule has 0 atom stereocenters. The highest BCUT2D eigenvalue weighted by molar-refractivity contribution is 5.93. The molecule has 0 fully saturated rings. The predicted molar refractivity (Wildman–Crippen MR) is 164 cm³/mol. The van der Waals surface area contributed by atoms with Gasteiger partial charge in [-0.3, -0.25) is 0 Å². The van der Waals surface area contributed by atoms with E-state index in [9.17, 15) is 14.4 Å². The third-order valence-corrected chi connectivity index (χ3v) is 6.67. The van der Waals surface area contributed by atoms with Crippen LogP contribution < -0.4 is 18.9 Å². The average molecular weight is 589 g/mol. The normalized spacial score (nSPS) is 10.5. The Kier molecular flexibility index (Phi) is 13.3. The van der Waals surface area contributed by atoms with Crippen LogP contribution in [0.25, 0.3) is 0 Å². The number of esters is 3. The number of carbonyl (C=O) groups is 3. The number of ether oxygens (including phenoxy) is 5. The van der Waals surface area contributed by atoms with Gasteiger partial charge in [-0.2, -0.15) is 0 Å². The van der Waals surface area contributed by atoms with Crippen molar-refractivity contribution in [2.75, 3.05) is 20.3 Å². The van der Waals surface area contributed by atoms with E-state index >= 15 is 0 Å². The van der Waals surface area contributed by atoms with Gasteiger partial charge in [0.05, 0.1) is 31.5 Å². The highest BCUT2D eigenvalue weighted by Gasteiger charge is 2.17. The lowest BCUT2D eigenvalue weighted by Gasteiger charge is -2.13. The monoisotopic (exact) mass is 588 g/mol. The smallest absolute Gasteiger partial charge is 0.343 e. The number of carbonyl (C=O) groups excluding carboxylic acids is 3. The van der Waals surface area contributed by atoms with Crippen LogP contribution in [0.2, 0.25) is 0 Å². The fourth-order valence-electron chi connectivity index (χ4n) is 4.24. The van der Waals surface area contributed by atoms with E-state index in [-0.39, 0.29) is 17.1 Å². The van der Waals surface area contributed by atoms with Crippen molar-refractivity contribution in [3.8, 4) is 23.0 Å². The average Bonchev–Trinajstić information content (AvgIpc) is 3.02. The molecule has 0 aliphatic rings. The molecule has 0 heterocycles. The zero-order valence-electron chi connectivity index (χ0n) is 25.2. The molecule has 228 valence electrons. The molecular weight excluding hydrogens is 548 g/mol. The molecule has 0 aliphatic heterocycles. The highest BCUT2D eigenvalue weighted by Crippen LogP contribution is 2.30. The fraction of sp³-hybridized carbons (Fsp3) is 0.343. The molecule has 3 rings (SSSR count). The van der Waals surface area contributed by atoms with Crippen LogP contribution in [0.1, 0.15) is 77.3 Å². The first-order valence-corrected chi connectivity index (χ1v) is 14.6. The number of hydrogen-bond donors (Lipinski definition) is 0. The summed E-state index contributed by atoms with van der Waals surface area (Å²) in [6.07, 6.45) is 8.28. The molecule has 0 saturated heterocycles. The molecule has 8 heteroatoms.